The van der Waals surface area contributed by atoms with Gasteiger partial charge < -0.3 is 10.2 Å². The van der Waals surface area contributed by atoms with Gasteiger partial charge in [0.2, 0.25) is 17.1 Å². The third-order valence-electron chi connectivity index (χ3n) is 3.30. The van der Waals surface area contributed by atoms with Gasteiger partial charge in [-0.3, -0.25) is 0 Å². The maximum absolute atomic E-state index is 4.59. The number of nitrogens with one attached hydrogen (secondary N) is 1. The lowest BCUT2D eigenvalue weighted by Crippen LogP contribution is -2.31. The molecule has 6 nitrogen and oxygen atoms in total. The molecule has 0 radical (unpaired) electrons. The van der Waals surface area contributed by atoms with Crippen LogP contribution < -0.4 is 10.2 Å². The standard InChI is InChI=1S/C14H18N6S/c1-15-12-17-13(20-9-5-2-6-10-20)19-14(18-12)21-11-7-3-4-8-16-11/h3-4,7-8H,2,5-6,9-10H2,1H3,(H,15,17,18,19). The van der Waals surface area contributed by atoms with Crippen molar-refractivity contribution in [1.29, 1.82) is 0 Å². The molecule has 3 heterocycles. The summed E-state index contributed by atoms with van der Waals surface area (Å²) in [6.07, 6.45) is 5.45. The molecule has 1 aliphatic rings. The molecule has 2 aromatic rings. The van der Waals surface area contributed by atoms with Gasteiger partial charge in [-0.15, -0.1) is 0 Å². The van der Waals surface area contributed by atoms with Crippen molar-refractivity contribution in [1.82, 2.24) is 19.9 Å². The summed E-state index contributed by atoms with van der Waals surface area (Å²) in [6, 6.07) is 5.81. The lowest BCUT2D eigenvalue weighted by molar-refractivity contribution is 0.565. The van der Waals surface area contributed by atoms with E-state index in [0.29, 0.717) is 11.1 Å². The van der Waals surface area contributed by atoms with Gasteiger partial charge in [0.1, 0.15) is 5.03 Å². The van der Waals surface area contributed by atoms with Gasteiger partial charge in [-0.05, 0) is 43.2 Å². The highest BCUT2D eigenvalue weighted by Gasteiger charge is 2.16. The highest BCUT2D eigenvalue weighted by molar-refractivity contribution is 7.99. The fourth-order valence-corrected chi connectivity index (χ4v) is 2.95. The Hall–Kier alpha value is -1.89. The molecule has 1 aliphatic heterocycles. The predicted molar refractivity (Wildman–Crippen MR) is 83.8 cm³/mol. The van der Waals surface area contributed by atoms with Gasteiger partial charge in [0.15, 0.2) is 0 Å². The number of hydrogen-bond acceptors (Lipinski definition) is 7. The Kier molecular flexibility index (Phi) is 4.49. The average molecular weight is 302 g/mol. The maximum Gasteiger partial charge on any atom is 0.231 e. The fourth-order valence-electron chi connectivity index (χ4n) is 2.24. The normalized spacial score (nSPS) is 15.0. The molecule has 0 saturated carbocycles. The average Bonchev–Trinajstić information content (AvgIpc) is 2.56. The van der Waals surface area contributed by atoms with Crippen molar-refractivity contribution in [2.75, 3.05) is 30.4 Å². The number of pyridine rings is 1. The topological polar surface area (TPSA) is 66.8 Å². The summed E-state index contributed by atoms with van der Waals surface area (Å²) in [7, 11) is 1.82. The van der Waals surface area contributed by atoms with Gasteiger partial charge in [0.05, 0.1) is 0 Å². The van der Waals surface area contributed by atoms with Crippen molar-refractivity contribution in [2.24, 2.45) is 0 Å². The van der Waals surface area contributed by atoms with Crippen molar-refractivity contribution in [3.63, 3.8) is 0 Å². The van der Waals surface area contributed by atoms with Crippen LogP contribution in [0.2, 0.25) is 0 Å². The molecule has 3 rings (SSSR count). The van der Waals surface area contributed by atoms with Gasteiger partial charge in [-0.25, -0.2) is 4.98 Å². The van der Waals surface area contributed by atoms with Crippen LogP contribution in [0.15, 0.2) is 34.6 Å². The summed E-state index contributed by atoms with van der Waals surface area (Å²) in [4.78, 5) is 20.0. The third-order valence-corrected chi connectivity index (χ3v) is 4.11. The number of piperidine rings is 1. The first-order chi connectivity index (χ1) is 10.3. The van der Waals surface area contributed by atoms with Crippen LogP contribution >= 0.6 is 11.8 Å². The van der Waals surface area contributed by atoms with Crippen LogP contribution in [0, 0.1) is 0 Å². The van der Waals surface area contributed by atoms with E-state index in [4.69, 9.17) is 0 Å². The van der Waals surface area contributed by atoms with Crippen molar-refractivity contribution in [3.8, 4) is 0 Å². The molecule has 0 unspecified atom stereocenters. The van der Waals surface area contributed by atoms with Crippen LogP contribution in [0.25, 0.3) is 0 Å². The number of hydrogen-bond donors (Lipinski definition) is 1. The Morgan fingerprint density at radius 3 is 2.67 bits per heavy atom. The van der Waals surface area contributed by atoms with Crippen LogP contribution in [0.4, 0.5) is 11.9 Å². The summed E-state index contributed by atoms with van der Waals surface area (Å²) in [5.41, 5.74) is 0. The lowest BCUT2D eigenvalue weighted by atomic mass is 10.1. The van der Waals surface area contributed by atoms with Crippen LogP contribution in [0.1, 0.15) is 19.3 Å². The molecule has 110 valence electrons. The SMILES string of the molecule is CNc1nc(Sc2ccccn2)nc(N2CCCCC2)n1. The second-order valence-electron chi connectivity index (χ2n) is 4.81. The first-order valence-electron chi connectivity index (χ1n) is 7.13. The van der Waals surface area contributed by atoms with Crippen molar-refractivity contribution in [3.05, 3.63) is 24.4 Å². The summed E-state index contributed by atoms with van der Waals surface area (Å²) < 4.78 is 0. The zero-order chi connectivity index (χ0) is 14.5. The summed E-state index contributed by atoms with van der Waals surface area (Å²) in [6.45, 7) is 2.03. The molecule has 1 saturated heterocycles. The van der Waals surface area contributed by atoms with E-state index in [-0.39, 0.29) is 0 Å². The molecular formula is C14H18N6S. The van der Waals surface area contributed by atoms with E-state index in [1.165, 1.54) is 31.0 Å². The summed E-state index contributed by atoms with van der Waals surface area (Å²) >= 11 is 1.46. The molecule has 0 aromatic carbocycles. The molecule has 7 heteroatoms. The maximum atomic E-state index is 4.59. The number of nitrogens with zero attached hydrogens (tertiary/aromatic N) is 5. The largest absolute Gasteiger partial charge is 0.357 e. The van der Waals surface area contributed by atoms with E-state index in [9.17, 15) is 0 Å². The van der Waals surface area contributed by atoms with E-state index in [1.54, 1.807) is 6.20 Å². The van der Waals surface area contributed by atoms with Crippen LogP contribution in [0.5, 0.6) is 0 Å². The van der Waals surface area contributed by atoms with E-state index in [1.807, 2.05) is 25.2 Å². The Labute approximate surface area is 128 Å². The summed E-state index contributed by atoms with van der Waals surface area (Å²) in [5, 5.41) is 4.57. The van der Waals surface area contributed by atoms with Crippen LogP contribution in [0.3, 0.4) is 0 Å². The molecule has 0 atom stereocenters. The minimum absolute atomic E-state index is 0.601. The van der Waals surface area contributed by atoms with Crippen LogP contribution in [-0.4, -0.2) is 40.1 Å². The minimum atomic E-state index is 0.601. The minimum Gasteiger partial charge on any atom is -0.357 e. The zero-order valence-electron chi connectivity index (χ0n) is 12.0. The van der Waals surface area contributed by atoms with E-state index in [2.05, 4.69) is 30.2 Å². The highest BCUT2D eigenvalue weighted by atomic mass is 32.2. The second-order valence-corrected chi connectivity index (χ2v) is 5.80. The first-order valence-corrected chi connectivity index (χ1v) is 7.94. The Balaban J connectivity index is 1.85. The second kappa shape index (κ2) is 6.71. The van der Waals surface area contributed by atoms with Crippen molar-refractivity contribution in [2.45, 2.75) is 29.4 Å². The Bertz CT molecular complexity index is 585. The molecular weight excluding hydrogens is 284 g/mol. The molecule has 1 fully saturated rings. The number of aromatic nitrogens is 4. The molecule has 2 aromatic heterocycles. The van der Waals surface area contributed by atoms with Crippen LogP contribution in [-0.2, 0) is 0 Å². The van der Waals surface area contributed by atoms with E-state index in [0.717, 1.165) is 24.1 Å². The highest BCUT2D eigenvalue weighted by Crippen LogP contribution is 2.25. The molecule has 1 N–H and O–H groups in total. The molecule has 0 amide bonds. The molecule has 0 aliphatic carbocycles. The number of rotatable bonds is 4. The molecule has 0 bridgehead atoms. The van der Waals surface area contributed by atoms with Gasteiger partial charge in [0, 0.05) is 26.3 Å². The monoisotopic (exact) mass is 302 g/mol. The Morgan fingerprint density at radius 2 is 1.95 bits per heavy atom. The molecule has 21 heavy (non-hydrogen) atoms. The number of anilines is 2. The Morgan fingerprint density at radius 1 is 1.10 bits per heavy atom. The van der Waals surface area contributed by atoms with Gasteiger partial charge in [0.25, 0.3) is 0 Å². The third kappa shape index (κ3) is 3.60. The van der Waals surface area contributed by atoms with Crippen molar-refractivity contribution >= 4 is 23.7 Å². The zero-order valence-corrected chi connectivity index (χ0v) is 12.8. The first kappa shape index (κ1) is 14.1. The smallest absolute Gasteiger partial charge is 0.231 e. The predicted octanol–water partition coefficient (Wildman–Crippen LogP) is 2.45. The van der Waals surface area contributed by atoms with E-state index >= 15 is 0 Å². The van der Waals surface area contributed by atoms with Crippen molar-refractivity contribution < 1.29 is 0 Å². The summed E-state index contributed by atoms with van der Waals surface area (Å²) in [5.74, 6) is 1.36. The van der Waals surface area contributed by atoms with Gasteiger partial charge in [-0.2, -0.15) is 15.0 Å². The quantitative estimate of drug-likeness (QED) is 0.930. The van der Waals surface area contributed by atoms with E-state index < -0.39 is 0 Å². The molecule has 0 spiro atoms. The van der Waals surface area contributed by atoms with Gasteiger partial charge in [-0.1, -0.05) is 6.07 Å². The lowest BCUT2D eigenvalue weighted by Gasteiger charge is -2.26. The van der Waals surface area contributed by atoms with Gasteiger partial charge >= 0.3 is 0 Å². The fraction of sp³-hybridized carbons (Fsp3) is 0.429.